The molecule has 2 heterocycles. The van der Waals surface area contributed by atoms with E-state index in [0.29, 0.717) is 23.5 Å². The Bertz CT molecular complexity index is 1020. The fraction of sp³-hybridized carbons (Fsp3) is 0.389. The molecule has 0 saturated heterocycles. The number of halogens is 1. The zero-order valence-electron chi connectivity index (χ0n) is 15.2. The number of methoxy groups -OCH3 is 1. The molecule has 0 aliphatic carbocycles. The zero-order chi connectivity index (χ0) is 18.8. The van der Waals surface area contributed by atoms with E-state index >= 15 is 0 Å². The summed E-state index contributed by atoms with van der Waals surface area (Å²) in [6.45, 7) is 6.70. The number of rotatable bonds is 5. The van der Waals surface area contributed by atoms with E-state index in [1.807, 2.05) is 26.8 Å². The van der Waals surface area contributed by atoms with Gasteiger partial charge < -0.3 is 9.30 Å². The number of nitrogens with zero attached hydrogens (tertiary/aromatic N) is 4. The minimum atomic E-state index is -0.439. The molecule has 6 nitrogen and oxygen atoms in total. The van der Waals surface area contributed by atoms with Crippen LogP contribution in [0.15, 0.2) is 29.3 Å². The van der Waals surface area contributed by atoms with E-state index in [1.54, 1.807) is 28.5 Å². The van der Waals surface area contributed by atoms with Gasteiger partial charge in [0.2, 0.25) is 0 Å². The van der Waals surface area contributed by atoms with Gasteiger partial charge in [0.15, 0.2) is 10.5 Å². The van der Waals surface area contributed by atoms with Gasteiger partial charge in [0.25, 0.3) is 5.91 Å². The van der Waals surface area contributed by atoms with Crippen molar-refractivity contribution in [1.29, 1.82) is 0 Å². The summed E-state index contributed by atoms with van der Waals surface area (Å²) in [5, 5.41) is 4.34. The number of carbonyl (C=O) groups is 1. The molecule has 26 heavy (non-hydrogen) atoms. The summed E-state index contributed by atoms with van der Waals surface area (Å²) in [4.78, 5) is 17.3. The van der Waals surface area contributed by atoms with Gasteiger partial charge in [-0.15, -0.1) is 0 Å². The molecule has 0 spiro atoms. The standard InChI is InChI=1S/C18H21FN4O2S/c1-11(2)23-12(3)10-14(21-23)17(24)20-18-22(8-9-25-4)16-13(19)6-5-7-15(16)26-18/h5-7,10-11H,8-9H2,1-4H3. The molecule has 3 aromatic rings. The fourth-order valence-corrected chi connectivity index (χ4v) is 3.89. The molecule has 1 aromatic carbocycles. The van der Waals surface area contributed by atoms with E-state index in [4.69, 9.17) is 4.74 Å². The molecule has 0 bridgehead atoms. The molecule has 0 N–H and O–H groups in total. The van der Waals surface area contributed by atoms with Gasteiger partial charge in [-0.25, -0.2) is 4.39 Å². The maximum atomic E-state index is 14.3. The number of fused-ring (bicyclic) bond motifs is 1. The number of aryl methyl sites for hydroxylation is 1. The first-order valence-electron chi connectivity index (χ1n) is 8.34. The van der Waals surface area contributed by atoms with Crippen LogP contribution >= 0.6 is 11.3 Å². The highest BCUT2D eigenvalue weighted by atomic mass is 32.1. The predicted octanol–water partition coefficient (Wildman–Crippen LogP) is 3.32. The van der Waals surface area contributed by atoms with Gasteiger partial charge in [-0.2, -0.15) is 10.1 Å². The SMILES string of the molecule is COCCn1c(=NC(=O)c2cc(C)n(C(C)C)n2)sc2cccc(F)c21. The first kappa shape index (κ1) is 18.5. The van der Waals surface area contributed by atoms with E-state index in [2.05, 4.69) is 10.1 Å². The van der Waals surface area contributed by atoms with Crippen LogP contribution in [0.5, 0.6) is 0 Å². The second-order valence-electron chi connectivity index (χ2n) is 6.24. The summed E-state index contributed by atoms with van der Waals surface area (Å²) >= 11 is 1.27. The Hall–Kier alpha value is -2.32. The molecule has 0 radical (unpaired) electrons. The summed E-state index contributed by atoms with van der Waals surface area (Å²) < 4.78 is 23.6. The highest BCUT2D eigenvalue weighted by Crippen LogP contribution is 2.20. The van der Waals surface area contributed by atoms with Gasteiger partial charge in [0, 0.05) is 25.4 Å². The number of carbonyl (C=O) groups excluding carboxylic acids is 1. The van der Waals surface area contributed by atoms with Crippen LogP contribution in [0.2, 0.25) is 0 Å². The molecular formula is C18H21FN4O2S. The van der Waals surface area contributed by atoms with Crippen LogP contribution in [0.4, 0.5) is 4.39 Å². The van der Waals surface area contributed by atoms with Crippen LogP contribution in [-0.4, -0.2) is 34.0 Å². The highest BCUT2D eigenvalue weighted by molar-refractivity contribution is 7.16. The lowest BCUT2D eigenvalue weighted by Gasteiger charge is -2.06. The van der Waals surface area contributed by atoms with Crippen molar-refractivity contribution in [3.63, 3.8) is 0 Å². The van der Waals surface area contributed by atoms with Crippen molar-refractivity contribution < 1.29 is 13.9 Å². The first-order valence-corrected chi connectivity index (χ1v) is 9.16. The number of aromatic nitrogens is 3. The molecule has 0 aliphatic heterocycles. The number of ether oxygens (including phenoxy) is 1. The molecule has 0 saturated carbocycles. The van der Waals surface area contributed by atoms with Gasteiger partial charge in [-0.1, -0.05) is 17.4 Å². The molecule has 8 heteroatoms. The molecule has 0 fully saturated rings. The second-order valence-corrected chi connectivity index (χ2v) is 7.25. The lowest BCUT2D eigenvalue weighted by Crippen LogP contribution is -2.20. The molecular weight excluding hydrogens is 355 g/mol. The van der Waals surface area contributed by atoms with Crippen molar-refractivity contribution in [2.75, 3.05) is 13.7 Å². The van der Waals surface area contributed by atoms with Crippen molar-refractivity contribution in [2.24, 2.45) is 4.99 Å². The number of hydrogen-bond acceptors (Lipinski definition) is 4. The smallest absolute Gasteiger partial charge is 0.300 e. The van der Waals surface area contributed by atoms with E-state index in [9.17, 15) is 9.18 Å². The third-order valence-corrected chi connectivity index (χ3v) is 5.04. The molecule has 0 unspecified atom stereocenters. The lowest BCUT2D eigenvalue weighted by molar-refractivity contribution is 0.0991. The molecule has 0 aliphatic rings. The normalized spacial score (nSPS) is 12.5. The Morgan fingerprint density at radius 2 is 2.19 bits per heavy atom. The third kappa shape index (κ3) is 3.47. The average molecular weight is 376 g/mol. The highest BCUT2D eigenvalue weighted by Gasteiger charge is 2.15. The lowest BCUT2D eigenvalue weighted by atomic mass is 10.3. The monoisotopic (exact) mass is 376 g/mol. The zero-order valence-corrected chi connectivity index (χ0v) is 16.0. The third-order valence-electron chi connectivity index (χ3n) is 4.00. The van der Waals surface area contributed by atoms with Gasteiger partial charge in [0.1, 0.15) is 5.82 Å². The number of amides is 1. The van der Waals surface area contributed by atoms with Crippen LogP contribution < -0.4 is 4.80 Å². The van der Waals surface area contributed by atoms with Gasteiger partial charge in [0.05, 0.1) is 16.8 Å². The van der Waals surface area contributed by atoms with Crippen LogP contribution in [0.25, 0.3) is 10.2 Å². The van der Waals surface area contributed by atoms with Crippen LogP contribution in [0.3, 0.4) is 0 Å². The first-order chi connectivity index (χ1) is 12.4. The number of para-hydroxylation sites is 1. The quantitative estimate of drug-likeness (QED) is 0.686. The van der Waals surface area contributed by atoms with Crippen LogP contribution in [0, 0.1) is 12.7 Å². The Kier molecular flexibility index (Phi) is 5.33. The Morgan fingerprint density at radius 1 is 1.42 bits per heavy atom. The van der Waals surface area contributed by atoms with Crippen molar-refractivity contribution in [1.82, 2.24) is 14.3 Å². The minimum Gasteiger partial charge on any atom is -0.383 e. The molecule has 0 atom stereocenters. The molecule has 138 valence electrons. The predicted molar refractivity (Wildman–Crippen MR) is 98.9 cm³/mol. The van der Waals surface area contributed by atoms with E-state index in [-0.39, 0.29) is 17.6 Å². The van der Waals surface area contributed by atoms with E-state index in [1.165, 1.54) is 17.4 Å². The van der Waals surface area contributed by atoms with Gasteiger partial charge in [-0.3, -0.25) is 9.48 Å². The summed E-state index contributed by atoms with van der Waals surface area (Å²) in [5.74, 6) is -0.783. The van der Waals surface area contributed by atoms with Crippen molar-refractivity contribution in [3.8, 4) is 0 Å². The summed E-state index contributed by atoms with van der Waals surface area (Å²) in [6.07, 6.45) is 0. The maximum absolute atomic E-state index is 14.3. The van der Waals surface area contributed by atoms with Gasteiger partial charge >= 0.3 is 0 Å². The number of benzene rings is 1. The van der Waals surface area contributed by atoms with Crippen LogP contribution in [0.1, 0.15) is 36.1 Å². The van der Waals surface area contributed by atoms with Crippen LogP contribution in [-0.2, 0) is 11.3 Å². The van der Waals surface area contributed by atoms with E-state index < -0.39 is 5.91 Å². The largest absolute Gasteiger partial charge is 0.383 e. The molecule has 1 amide bonds. The minimum absolute atomic E-state index is 0.154. The van der Waals surface area contributed by atoms with Crippen molar-refractivity contribution >= 4 is 27.5 Å². The number of thiazole rings is 1. The summed E-state index contributed by atoms with van der Waals surface area (Å²) in [7, 11) is 1.58. The topological polar surface area (TPSA) is 61.4 Å². The fourth-order valence-electron chi connectivity index (χ4n) is 2.82. The van der Waals surface area contributed by atoms with E-state index in [0.717, 1.165) is 10.4 Å². The average Bonchev–Trinajstić information content (AvgIpc) is 3.14. The summed E-state index contributed by atoms with van der Waals surface area (Å²) in [5.41, 5.74) is 1.62. The Morgan fingerprint density at radius 3 is 2.85 bits per heavy atom. The van der Waals surface area contributed by atoms with Crippen molar-refractivity contribution in [3.05, 3.63) is 46.3 Å². The van der Waals surface area contributed by atoms with Gasteiger partial charge in [-0.05, 0) is 39.0 Å². The molecule has 3 rings (SSSR count). The Labute approximate surface area is 154 Å². The summed E-state index contributed by atoms with van der Waals surface area (Å²) in [6, 6.07) is 6.74. The molecule has 2 aromatic heterocycles. The maximum Gasteiger partial charge on any atom is 0.300 e. The number of hydrogen-bond donors (Lipinski definition) is 0. The second kappa shape index (κ2) is 7.51. The van der Waals surface area contributed by atoms with Crippen molar-refractivity contribution in [2.45, 2.75) is 33.4 Å². The Balaban J connectivity index is 2.10.